The molecule has 0 spiro atoms. The van der Waals surface area contributed by atoms with E-state index in [0.29, 0.717) is 5.56 Å². The SMILES string of the molecule is O=C(C(F)CC(F)F)N1CCC(F)(c2cccnc2)CC1. The lowest BCUT2D eigenvalue weighted by molar-refractivity contribution is -0.140. The molecule has 2 rings (SSSR count). The number of halogens is 4. The number of carbonyl (C=O) groups excluding carboxylic acids is 1. The Bertz CT molecular complexity index is 475. The zero-order valence-electron chi connectivity index (χ0n) is 11.3. The molecular formula is C14H16F4N2O. The quantitative estimate of drug-likeness (QED) is 0.801. The topological polar surface area (TPSA) is 33.2 Å². The Balaban J connectivity index is 1.95. The van der Waals surface area contributed by atoms with E-state index in [1.54, 1.807) is 12.1 Å². The number of pyridine rings is 1. The highest BCUT2D eigenvalue weighted by Crippen LogP contribution is 2.36. The average molecular weight is 304 g/mol. The lowest BCUT2D eigenvalue weighted by atomic mass is 9.87. The molecule has 0 aromatic carbocycles. The van der Waals surface area contributed by atoms with Gasteiger partial charge in [0.25, 0.3) is 5.91 Å². The molecule has 7 heteroatoms. The molecule has 2 heterocycles. The van der Waals surface area contributed by atoms with Gasteiger partial charge in [0.2, 0.25) is 6.43 Å². The van der Waals surface area contributed by atoms with Gasteiger partial charge in [0, 0.05) is 50.3 Å². The summed E-state index contributed by atoms with van der Waals surface area (Å²) in [6.45, 7) is 0.0156. The molecule has 1 fully saturated rings. The minimum Gasteiger partial charge on any atom is -0.340 e. The smallest absolute Gasteiger partial charge is 0.257 e. The number of aromatic nitrogens is 1. The van der Waals surface area contributed by atoms with E-state index in [-0.39, 0.29) is 25.9 Å². The molecule has 1 aromatic rings. The first-order chi connectivity index (χ1) is 9.92. The van der Waals surface area contributed by atoms with Gasteiger partial charge in [-0.05, 0) is 6.07 Å². The van der Waals surface area contributed by atoms with Crippen LogP contribution in [0.25, 0.3) is 0 Å². The van der Waals surface area contributed by atoms with Crippen molar-refractivity contribution in [1.82, 2.24) is 9.88 Å². The molecule has 116 valence electrons. The molecule has 1 saturated heterocycles. The van der Waals surface area contributed by atoms with Crippen molar-refractivity contribution in [2.24, 2.45) is 0 Å². The van der Waals surface area contributed by atoms with Gasteiger partial charge in [-0.2, -0.15) is 0 Å². The zero-order valence-corrected chi connectivity index (χ0v) is 11.3. The molecule has 1 aliphatic heterocycles. The van der Waals surface area contributed by atoms with Crippen LogP contribution in [0.4, 0.5) is 17.6 Å². The van der Waals surface area contributed by atoms with E-state index < -0.39 is 30.6 Å². The second kappa shape index (κ2) is 6.41. The summed E-state index contributed by atoms with van der Waals surface area (Å²) in [6, 6.07) is 3.23. The van der Waals surface area contributed by atoms with Crippen LogP contribution < -0.4 is 0 Å². The molecule has 0 bridgehead atoms. The van der Waals surface area contributed by atoms with Crippen LogP contribution in [0.1, 0.15) is 24.8 Å². The van der Waals surface area contributed by atoms with Gasteiger partial charge in [0.1, 0.15) is 5.67 Å². The Labute approximate surface area is 120 Å². The normalized spacial score (nSPS) is 19.6. The summed E-state index contributed by atoms with van der Waals surface area (Å²) >= 11 is 0. The third-order valence-corrected chi connectivity index (χ3v) is 3.70. The second-order valence-electron chi connectivity index (χ2n) is 5.13. The molecule has 1 aliphatic rings. The fraction of sp³-hybridized carbons (Fsp3) is 0.571. The van der Waals surface area contributed by atoms with Crippen molar-refractivity contribution < 1.29 is 22.4 Å². The first-order valence-corrected chi connectivity index (χ1v) is 6.73. The molecule has 3 nitrogen and oxygen atoms in total. The van der Waals surface area contributed by atoms with Crippen LogP contribution in [0.2, 0.25) is 0 Å². The van der Waals surface area contributed by atoms with E-state index >= 15 is 0 Å². The summed E-state index contributed by atoms with van der Waals surface area (Å²) in [7, 11) is 0. The maximum Gasteiger partial charge on any atom is 0.257 e. The van der Waals surface area contributed by atoms with E-state index in [9.17, 15) is 22.4 Å². The van der Waals surface area contributed by atoms with Gasteiger partial charge in [-0.1, -0.05) is 6.07 Å². The first-order valence-electron chi connectivity index (χ1n) is 6.73. The molecule has 0 radical (unpaired) electrons. The van der Waals surface area contributed by atoms with Crippen molar-refractivity contribution in [3.8, 4) is 0 Å². The molecule has 21 heavy (non-hydrogen) atoms. The Kier molecular flexibility index (Phi) is 4.80. The summed E-state index contributed by atoms with van der Waals surface area (Å²) in [4.78, 5) is 16.6. The maximum absolute atomic E-state index is 14.8. The first kappa shape index (κ1) is 15.7. The summed E-state index contributed by atoms with van der Waals surface area (Å²) < 4.78 is 52.3. The number of likely N-dealkylation sites (tertiary alicyclic amines) is 1. The summed E-state index contributed by atoms with van der Waals surface area (Å²) in [6.07, 6.45) is -3.24. The van der Waals surface area contributed by atoms with Gasteiger partial charge in [-0.15, -0.1) is 0 Å². The summed E-state index contributed by atoms with van der Waals surface area (Å²) in [5.74, 6) is -0.983. The second-order valence-corrected chi connectivity index (χ2v) is 5.13. The van der Waals surface area contributed by atoms with Gasteiger partial charge in [0.05, 0.1) is 0 Å². The van der Waals surface area contributed by atoms with Gasteiger partial charge in [-0.3, -0.25) is 9.78 Å². The number of hydrogen-bond acceptors (Lipinski definition) is 2. The molecular weight excluding hydrogens is 288 g/mol. The van der Waals surface area contributed by atoms with E-state index in [0.717, 1.165) is 4.90 Å². The average Bonchev–Trinajstić information content (AvgIpc) is 2.47. The predicted molar refractivity (Wildman–Crippen MR) is 68.4 cm³/mol. The Morgan fingerprint density at radius 3 is 2.52 bits per heavy atom. The number of hydrogen-bond donors (Lipinski definition) is 0. The Morgan fingerprint density at radius 2 is 2.00 bits per heavy atom. The van der Waals surface area contributed by atoms with Crippen molar-refractivity contribution in [2.45, 2.75) is 37.5 Å². The number of alkyl halides is 4. The van der Waals surface area contributed by atoms with E-state index in [2.05, 4.69) is 4.98 Å². The highest BCUT2D eigenvalue weighted by molar-refractivity contribution is 5.80. The fourth-order valence-corrected chi connectivity index (χ4v) is 2.45. The van der Waals surface area contributed by atoms with E-state index in [4.69, 9.17) is 0 Å². The Hall–Kier alpha value is -1.66. The van der Waals surface area contributed by atoms with Crippen molar-refractivity contribution >= 4 is 5.91 Å². The molecule has 1 atom stereocenters. The minimum absolute atomic E-state index is 0.00579. The molecule has 1 unspecified atom stereocenters. The lowest BCUT2D eigenvalue weighted by Gasteiger charge is -2.37. The molecule has 0 N–H and O–H groups in total. The fourth-order valence-electron chi connectivity index (χ4n) is 2.45. The van der Waals surface area contributed by atoms with Gasteiger partial charge >= 0.3 is 0 Å². The monoisotopic (exact) mass is 304 g/mol. The van der Waals surface area contributed by atoms with Crippen LogP contribution in [0.15, 0.2) is 24.5 Å². The number of rotatable bonds is 4. The van der Waals surface area contributed by atoms with Crippen LogP contribution >= 0.6 is 0 Å². The Morgan fingerprint density at radius 1 is 1.33 bits per heavy atom. The van der Waals surface area contributed by atoms with E-state index in [1.165, 1.54) is 12.4 Å². The van der Waals surface area contributed by atoms with Gasteiger partial charge in [-0.25, -0.2) is 17.6 Å². The zero-order chi connectivity index (χ0) is 15.5. The highest BCUT2D eigenvalue weighted by atomic mass is 19.3. The number of carbonyl (C=O) groups is 1. The third-order valence-electron chi connectivity index (χ3n) is 3.70. The van der Waals surface area contributed by atoms with Gasteiger partial charge < -0.3 is 4.90 Å². The van der Waals surface area contributed by atoms with Crippen molar-refractivity contribution in [2.75, 3.05) is 13.1 Å². The van der Waals surface area contributed by atoms with Crippen molar-refractivity contribution in [3.05, 3.63) is 30.1 Å². The van der Waals surface area contributed by atoms with E-state index in [1.807, 2.05) is 0 Å². The van der Waals surface area contributed by atoms with Crippen LogP contribution in [-0.2, 0) is 10.5 Å². The van der Waals surface area contributed by atoms with Crippen LogP contribution in [-0.4, -0.2) is 41.5 Å². The van der Waals surface area contributed by atoms with Crippen molar-refractivity contribution in [3.63, 3.8) is 0 Å². The van der Waals surface area contributed by atoms with Crippen LogP contribution in [0.3, 0.4) is 0 Å². The number of amides is 1. The largest absolute Gasteiger partial charge is 0.340 e. The van der Waals surface area contributed by atoms with Gasteiger partial charge in [0.15, 0.2) is 6.17 Å². The minimum atomic E-state index is -2.87. The van der Waals surface area contributed by atoms with Crippen molar-refractivity contribution in [1.29, 1.82) is 0 Å². The number of nitrogens with zero attached hydrogens (tertiary/aromatic N) is 2. The summed E-state index contributed by atoms with van der Waals surface area (Å²) in [5, 5.41) is 0. The lowest BCUT2D eigenvalue weighted by Crippen LogP contribution is -2.46. The van der Waals surface area contributed by atoms with Crippen LogP contribution in [0.5, 0.6) is 0 Å². The highest BCUT2D eigenvalue weighted by Gasteiger charge is 2.39. The number of piperidine rings is 1. The third kappa shape index (κ3) is 3.71. The summed E-state index contributed by atoms with van der Waals surface area (Å²) in [5.41, 5.74) is -1.19. The maximum atomic E-state index is 14.8. The van der Waals surface area contributed by atoms with Crippen LogP contribution in [0, 0.1) is 0 Å². The molecule has 1 aromatic heterocycles. The predicted octanol–water partition coefficient (Wildman–Crippen LogP) is 2.86. The molecule has 1 amide bonds. The standard InChI is InChI=1S/C14H16F4N2O/c15-11(8-12(16)17)13(21)20-6-3-14(18,4-7-20)10-2-1-5-19-9-10/h1-2,5,9,11-12H,3-4,6-8H2. The molecule has 0 aliphatic carbocycles. The molecule has 0 saturated carbocycles.